The number of nitrogens with zero attached hydrogens (tertiary/aromatic N) is 4. The molecular formula is C19H23ClN6O. The maximum absolute atomic E-state index is 12.8. The monoisotopic (exact) mass is 386 g/mol. The number of hydrogen-bond donors (Lipinski definition) is 2. The summed E-state index contributed by atoms with van der Waals surface area (Å²) in [4.78, 5) is 12.8. The van der Waals surface area contributed by atoms with Crippen molar-refractivity contribution in [1.29, 1.82) is 0 Å². The van der Waals surface area contributed by atoms with Gasteiger partial charge in [-0.3, -0.25) is 4.79 Å². The van der Waals surface area contributed by atoms with E-state index in [1.807, 2.05) is 54.6 Å². The van der Waals surface area contributed by atoms with E-state index < -0.39 is 6.04 Å². The zero-order valence-electron chi connectivity index (χ0n) is 15.1. The molecule has 1 amide bonds. The van der Waals surface area contributed by atoms with Crippen LogP contribution in [0.15, 0.2) is 54.6 Å². The van der Waals surface area contributed by atoms with Gasteiger partial charge in [-0.2, -0.15) is 0 Å². The van der Waals surface area contributed by atoms with Crippen LogP contribution in [0.2, 0.25) is 0 Å². The first-order valence-corrected chi connectivity index (χ1v) is 8.54. The fourth-order valence-electron chi connectivity index (χ4n) is 2.79. The van der Waals surface area contributed by atoms with E-state index in [-0.39, 0.29) is 18.3 Å². The van der Waals surface area contributed by atoms with Gasteiger partial charge < -0.3 is 11.1 Å². The highest BCUT2D eigenvalue weighted by Crippen LogP contribution is 2.15. The van der Waals surface area contributed by atoms with E-state index in [0.29, 0.717) is 18.8 Å². The molecule has 1 aromatic heterocycles. The first-order valence-electron chi connectivity index (χ1n) is 8.54. The lowest BCUT2D eigenvalue weighted by Gasteiger charge is -2.17. The number of nitrogens with two attached hydrogens (primary N) is 1. The number of hydrogen-bond acceptors (Lipinski definition) is 5. The van der Waals surface area contributed by atoms with E-state index in [1.54, 1.807) is 11.6 Å². The van der Waals surface area contributed by atoms with Gasteiger partial charge in [0, 0.05) is 18.7 Å². The first-order chi connectivity index (χ1) is 12.6. The summed E-state index contributed by atoms with van der Waals surface area (Å²) in [5, 5.41) is 14.6. The van der Waals surface area contributed by atoms with Gasteiger partial charge in [-0.05, 0) is 47.0 Å². The van der Waals surface area contributed by atoms with Crippen molar-refractivity contribution in [2.45, 2.75) is 25.8 Å². The number of carbonyl (C=O) groups excluding carboxylic acids is 1. The van der Waals surface area contributed by atoms with Crippen molar-refractivity contribution < 1.29 is 4.79 Å². The number of aromatic nitrogens is 4. The Morgan fingerprint density at radius 3 is 2.44 bits per heavy atom. The molecule has 8 heteroatoms. The summed E-state index contributed by atoms with van der Waals surface area (Å²) in [6, 6.07) is 17.0. The van der Waals surface area contributed by atoms with Crippen molar-refractivity contribution in [1.82, 2.24) is 25.5 Å². The number of aryl methyl sites for hydroxylation is 1. The number of halogens is 1. The zero-order valence-corrected chi connectivity index (χ0v) is 15.9. The summed E-state index contributed by atoms with van der Waals surface area (Å²) in [5.74, 6) is 0.513. The molecule has 0 radical (unpaired) electrons. The molecule has 27 heavy (non-hydrogen) atoms. The molecule has 3 N–H and O–H groups in total. The Morgan fingerprint density at radius 1 is 1.11 bits per heavy atom. The minimum Gasteiger partial charge on any atom is -0.399 e. The Bertz CT molecular complexity index is 850. The van der Waals surface area contributed by atoms with Crippen molar-refractivity contribution in [3.8, 4) is 0 Å². The lowest BCUT2D eigenvalue weighted by atomic mass is 10.1. The van der Waals surface area contributed by atoms with Crippen LogP contribution in [0.4, 0.5) is 5.69 Å². The number of benzene rings is 2. The lowest BCUT2D eigenvalue weighted by molar-refractivity contribution is -0.124. The smallest absolute Gasteiger partial charge is 0.245 e. The van der Waals surface area contributed by atoms with Crippen molar-refractivity contribution in [2.24, 2.45) is 0 Å². The van der Waals surface area contributed by atoms with Gasteiger partial charge in [0.05, 0.1) is 0 Å². The van der Waals surface area contributed by atoms with Crippen LogP contribution in [0.1, 0.15) is 23.0 Å². The third kappa shape index (κ3) is 5.52. The van der Waals surface area contributed by atoms with Gasteiger partial charge in [0.15, 0.2) is 0 Å². The minimum atomic E-state index is -0.487. The van der Waals surface area contributed by atoms with Crippen LogP contribution >= 0.6 is 12.4 Å². The fourth-order valence-corrected chi connectivity index (χ4v) is 2.79. The number of tetrazole rings is 1. The predicted molar refractivity (Wildman–Crippen MR) is 107 cm³/mol. The van der Waals surface area contributed by atoms with Crippen LogP contribution in [0.25, 0.3) is 0 Å². The van der Waals surface area contributed by atoms with E-state index in [9.17, 15) is 4.79 Å². The minimum absolute atomic E-state index is 0. The highest BCUT2D eigenvalue weighted by Gasteiger charge is 2.23. The molecule has 3 aromatic rings. The molecule has 0 spiro atoms. The number of nitrogen functional groups attached to an aromatic ring is 1. The Morgan fingerprint density at radius 2 is 1.81 bits per heavy atom. The summed E-state index contributed by atoms with van der Waals surface area (Å²) in [6.45, 7) is 2.33. The van der Waals surface area contributed by atoms with Gasteiger partial charge in [-0.25, -0.2) is 4.68 Å². The van der Waals surface area contributed by atoms with Crippen LogP contribution < -0.4 is 11.1 Å². The van der Waals surface area contributed by atoms with E-state index in [0.717, 1.165) is 23.2 Å². The molecule has 3 rings (SSSR count). The predicted octanol–water partition coefficient (Wildman–Crippen LogP) is 2.13. The van der Waals surface area contributed by atoms with Gasteiger partial charge in [-0.1, -0.05) is 42.5 Å². The summed E-state index contributed by atoms with van der Waals surface area (Å²) in [6.07, 6.45) is 1.26. The van der Waals surface area contributed by atoms with Crippen molar-refractivity contribution in [2.75, 3.05) is 12.3 Å². The molecular weight excluding hydrogens is 364 g/mol. The van der Waals surface area contributed by atoms with Crippen LogP contribution in [-0.2, 0) is 17.6 Å². The highest BCUT2D eigenvalue weighted by atomic mass is 35.5. The average molecular weight is 387 g/mol. The molecule has 0 bridgehead atoms. The van der Waals surface area contributed by atoms with Crippen LogP contribution in [0.3, 0.4) is 0 Å². The fraction of sp³-hybridized carbons (Fsp3) is 0.263. The van der Waals surface area contributed by atoms with Crippen molar-refractivity contribution in [3.63, 3.8) is 0 Å². The second kappa shape index (κ2) is 9.68. The van der Waals surface area contributed by atoms with Crippen LogP contribution in [-0.4, -0.2) is 32.7 Å². The van der Waals surface area contributed by atoms with E-state index >= 15 is 0 Å². The second-order valence-electron chi connectivity index (χ2n) is 6.16. The van der Waals surface area contributed by atoms with Gasteiger partial charge in [0.25, 0.3) is 0 Å². The molecule has 0 aliphatic carbocycles. The number of carbonyl (C=O) groups is 1. The SMILES string of the molecule is Cc1nnnn1C(Cc1ccccc1)C(=O)NCCc1ccc(N)cc1.Cl. The third-order valence-corrected chi connectivity index (χ3v) is 4.22. The van der Waals surface area contributed by atoms with Gasteiger partial charge in [-0.15, -0.1) is 17.5 Å². The van der Waals surface area contributed by atoms with Gasteiger partial charge in [0.1, 0.15) is 11.9 Å². The molecule has 0 saturated heterocycles. The number of rotatable bonds is 7. The zero-order chi connectivity index (χ0) is 18.4. The number of nitrogens with one attached hydrogen (secondary N) is 1. The molecule has 0 aliphatic heterocycles. The van der Waals surface area contributed by atoms with Crippen LogP contribution in [0.5, 0.6) is 0 Å². The number of anilines is 1. The lowest BCUT2D eigenvalue weighted by Crippen LogP contribution is -2.36. The molecule has 7 nitrogen and oxygen atoms in total. The molecule has 1 heterocycles. The topological polar surface area (TPSA) is 98.7 Å². The quantitative estimate of drug-likeness (QED) is 0.606. The second-order valence-corrected chi connectivity index (χ2v) is 6.16. The summed E-state index contributed by atoms with van der Waals surface area (Å²) >= 11 is 0. The highest BCUT2D eigenvalue weighted by molar-refractivity contribution is 5.85. The Balaban J connectivity index is 0.00000261. The molecule has 0 saturated carbocycles. The van der Waals surface area contributed by atoms with Crippen molar-refractivity contribution in [3.05, 3.63) is 71.5 Å². The van der Waals surface area contributed by atoms with Gasteiger partial charge >= 0.3 is 0 Å². The van der Waals surface area contributed by atoms with Crippen LogP contribution in [0, 0.1) is 6.92 Å². The first kappa shape index (κ1) is 20.4. The molecule has 1 unspecified atom stereocenters. The number of amides is 1. The molecule has 0 aliphatic rings. The molecule has 2 aromatic carbocycles. The summed E-state index contributed by atoms with van der Waals surface area (Å²) in [7, 11) is 0. The Kier molecular flexibility index (Phi) is 7.31. The third-order valence-electron chi connectivity index (χ3n) is 4.22. The van der Waals surface area contributed by atoms with Crippen molar-refractivity contribution >= 4 is 24.0 Å². The Labute approximate surface area is 164 Å². The van der Waals surface area contributed by atoms with E-state index in [2.05, 4.69) is 20.8 Å². The molecule has 142 valence electrons. The summed E-state index contributed by atoms with van der Waals surface area (Å²) in [5.41, 5.74) is 8.60. The average Bonchev–Trinajstić information content (AvgIpc) is 3.08. The van der Waals surface area contributed by atoms with E-state index in [1.165, 1.54) is 0 Å². The largest absolute Gasteiger partial charge is 0.399 e. The molecule has 0 fully saturated rings. The van der Waals surface area contributed by atoms with Gasteiger partial charge in [0.2, 0.25) is 5.91 Å². The standard InChI is InChI=1S/C19H22N6O.ClH/c1-14-22-23-24-25(14)18(13-16-5-3-2-4-6-16)19(26)21-12-11-15-7-9-17(20)10-8-15;/h2-10,18H,11-13,20H2,1H3,(H,21,26);1H. The Hall–Kier alpha value is -2.93. The maximum Gasteiger partial charge on any atom is 0.245 e. The molecule has 1 atom stereocenters. The maximum atomic E-state index is 12.8. The summed E-state index contributed by atoms with van der Waals surface area (Å²) < 4.78 is 1.57. The van der Waals surface area contributed by atoms with E-state index in [4.69, 9.17) is 5.73 Å². The normalized spacial score (nSPS) is 11.4.